The van der Waals surface area contributed by atoms with E-state index in [0.717, 1.165) is 5.56 Å². The number of hydrogen-bond donors (Lipinski definition) is 2. The Morgan fingerprint density at radius 3 is 2.80 bits per heavy atom. The van der Waals surface area contributed by atoms with Crippen molar-refractivity contribution in [3.63, 3.8) is 0 Å². The van der Waals surface area contributed by atoms with Gasteiger partial charge in [0, 0.05) is 24.3 Å². The summed E-state index contributed by atoms with van der Waals surface area (Å²) in [5, 5.41) is 12.2. The smallest absolute Gasteiger partial charge is 0.321 e. The Balaban J connectivity index is 1.65. The zero-order chi connectivity index (χ0) is 13.9. The lowest BCUT2D eigenvalue weighted by molar-refractivity contribution is 0.176. The monoisotopic (exact) mass is 273 g/mol. The van der Waals surface area contributed by atoms with Crippen molar-refractivity contribution < 1.29 is 14.3 Å². The number of hydrogen-bond acceptors (Lipinski definition) is 4. The molecule has 1 atom stereocenters. The highest BCUT2D eigenvalue weighted by atomic mass is 16.3. The number of nitrogens with zero attached hydrogens (tertiary/aromatic N) is 2. The van der Waals surface area contributed by atoms with Gasteiger partial charge in [-0.2, -0.15) is 0 Å². The Morgan fingerprint density at radius 2 is 2.20 bits per heavy atom. The first kappa shape index (κ1) is 12.7. The van der Waals surface area contributed by atoms with E-state index in [1.165, 1.54) is 6.26 Å². The third kappa shape index (κ3) is 2.65. The first-order chi connectivity index (χ1) is 9.72. The Labute approximate surface area is 116 Å². The molecule has 2 aromatic rings. The van der Waals surface area contributed by atoms with Crippen LogP contribution in [0.25, 0.3) is 11.5 Å². The Morgan fingerprint density at radius 1 is 1.40 bits per heavy atom. The highest BCUT2D eigenvalue weighted by molar-refractivity contribution is 5.89. The van der Waals surface area contributed by atoms with Crippen LogP contribution in [-0.4, -0.2) is 40.2 Å². The van der Waals surface area contributed by atoms with Gasteiger partial charge in [0.2, 0.25) is 5.89 Å². The van der Waals surface area contributed by atoms with E-state index in [1.54, 1.807) is 23.2 Å². The molecule has 0 radical (unpaired) electrons. The summed E-state index contributed by atoms with van der Waals surface area (Å²) in [7, 11) is 0. The fourth-order valence-electron chi connectivity index (χ4n) is 2.19. The van der Waals surface area contributed by atoms with Crippen LogP contribution in [0.15, 0.2) is 41.1 Å². The molecule has 1 aliphatic rings. The van der Waals surface area contributed by atoms with E-state index in [1.807, 2.05) is 12.1 Å². The van der Waals surface area contributed by atoms with Gasteiger partial charge in [0.15, 0.2) is 0 Å². The molecule has 6 heteroatoms. The van der Waals surface area contributed by atoms with E-state index in [4.69, 9.17) is 4.42 Å². The molecule has 2 amide bonds. The van der Waals surface area contributed by atoms with Crippen molar-refractivity contribution in [3.05, 3.63) is 36.7 Å². The van der Waals surface area contributed by atoms with Crippen LogP contribution in [0.2, 0.25) is 0 Å². The van der Waals surface area contributed by atoms with Gasteiger partial charge in [-0.05, 0) is 30.7 Å². The molecular weight excluding hydrogens is 258 g/mol. The molecule has 1 saturated heterocycles. The summed E-state index contributed by atoms with van der Waals surface area (Å²) in [6.07, 6.45) is 3.33. The summed E-state index contributed by atoms with van der Waals surface area (Å²) in [6, 6.07) is 7.07. The number of oxazole rings is 1. The summed E-state index contributed by atoms with van der Waals surface area (Å²) < 4.78 is 5.20. The van der Waals surface area contributed by atoms with Crippen LogP contribution >= 0.6 is 0 Å². The van der Waals surface area contributed by atoms with E-state index in [0.29, 0.717) is 31.1 Å². The first-order valence-corrected chi connectivity index (χ1v) is 6.46. The lowest BCUT2D eigenvalue weighted by atomic mass is 10.2. The second-order valence-electron chi connectivity index (χ2n) is 4.73. The summed E-state index contributed by atoms with van der Waals surface area (Å²) >= 11 is 0. The minimum Gasteiger partial charge on any atom is -0.445 e. The Hall–Kier alpha value is -2.34. The van der Waals surface area contributed by atoms with Crippen LogP contribution in [-0.2, 0) is 0 Å². The summed E-state index contributed by atoms with van der Waals surface area (Å²) in [5.74, 6) is 0.547. The van der Waals surface area contributed by atoms with Gasteiger partial charge in [0.25, 0.3) is 0 Å². The number of amides is 2. The van der Waals surface area contributed by atoms with Crippen molar-refractivity contribution in [1.82, 2.24) is 9.88 Å². The number of rotatable bonds is 2. The summed E-state index contributed by atoms with van der Waals surface area (Å²) in [5.41, 5.74) is 1.55. The average molecular weight is 273 g/mol. The molecule has 3 rings (SSSR count). The molecule has 2 N–H and O–H groups in total. The van der Waals surface area contributed by atoms with Gasteiger partial charge in [0.05, 0.1) is 12.3 Å². The number of likely N-dealkylation sites (tertiary alicyclic amines) is 1. The molecule has 0 saturated carbocycles. The highest BCUT2D eigenvalue weighted by Gasteiger charge is 2.24. The number of anilines is 1. The molecule has 104 valence electrons. The summed E-state index contributed by atoms with van der Waals surface area (Å²) in [6.45, 7) is 0.974. The molecule has 1 aromatic carbocycles. The van der Waals surface area contributed by atoms with Crippen molar-refractivity contribution in [2.45, 2.75) is 12.5 Å². The van der Waals surface area contributed by atoms with E-state index < -0.39 is 6.10 Å². The number of aliphatic hydroxyl groups excluding tert-OH is 1. The number of carbonyl (C=O) groups excluding carboxylic acids is 1. The number of aromatic nitrogens is 1. The number of β-amino-alcohol motifs (C(OH)–C–C–N with tert-alkyl or cyclic N) is 1. The van der Waals surface area contributed by atoms with Gasteiger partial charge in [-0.15, -0.1) is 0 Å². The van der Waals surface area contributed by atoms with Gasteiger partial charge in [-0.25, -0.2) is 9.78 Å². The van der Waals surface area contributed by atoms with Crippen LogP contribution in [0.1, 0.15) is 6.42 Å². The molecule has 6 nitrogen and oxygen atoms in total. The van der Waals surface area contributed by atoms with E-state index >= 15 is 0 Å². The molecule has 20 heavy (non-hydrogen) atoms. The van der Waals surface area contributed by atoms with Crippen LogP contribution < -0.4 is 5.32 Å². The van der Waals surface area contributed by atoms with E-state index in [-0.39, 0.29) is 6.03 Å². The predicted molar refractivity (Wildman–Crippen MR) is 73.2 cm³/mol. The average Bonchev–Trinajstić information content (AvgIpc) is 3.10. The van der Waals surface area contributed by atoms with Crippen LogP contribution in [0.5, 0.6) is 0 Å². The first-order valence-electron chi connectivity index (χ1n) is 6.46. The number of carbonyl (C=O) groups is 1. The number of aliphatic hydroxyl groups is 1. The van der Waals surface area contributed by atoms with Crippen molar-refractivity contribution in [2.24, 2.45) is 0 Å². The van der Waals surface area contributed by atoms with E-state index in [9.17, 15) is 9.90 Å². The van der Waals surface area contributed by atoms with Gasteiger partial charge in [-0.1, -0.05) is 0 Å². The SMILES string of the molecule is O=C(Nc1ccc(-c2ncco2)cc1)N1CC[C@H](O)C1. The number of nitrogens with one attached hydrogen (secondary N) is 1. The maximum atomic E-state index is 11.9. The fourth-order valence-corrected chi connectivity index (χ4v) is 2.19. The molecule has 1 aromatic heterocycles. The zero-order valence-corrected chi connectivity index (χ0v) is 10.8. The third-order valence-electron chi connectivity index (χ3n) is 3.27. The maximum absolute atomic E-state index is 11.9. The molecule has 0 bridgehead atoms. The molecule has 1 aliphatic heterocycles. The number of urea groups is 1. The van der Waals surface area contributed by atoms with Crippen LogP contribution in [0, 0.1) is 0 Å². The second-order valence-corrected chi connectivity index (χ2v) is 4.73. The predicted octanol–water partition coefficient (Wildman–Crippen LogP) is 1.94. The highest BCUT2D eigenvalue weighted by Crippen LogP contribution is 2.20. The second kappa shape index (κ2) is 5.34. The molecule has 2 heterocycles. The topological polar surface area (TPSA) is 78.6 Å². The van der Waals surface area contributed by atoms with Crippen molar-refractivity contribution >= 4 is 11.7 Å². The zero-order valence-electron chi connectivity index (χ0n) is 10.8. The maximum Gasteiger partial charge on any atom is 0.321 e. The van der Waals surface area contributed by atoms with Gasteiger partial charge in [0.1, 0.15) is 6.26 Å². The molecule has 1 fully saturated rings. The largest absolute Gasteiger partial charge is 0.445 e. The minimum atomic E-state index is -0.409. The number of benzene rings is 1. The molecule has 0 aliphatic carbocycles. The van der Waals surface area contributed by atoms with Crippen molar-refractivity contribution in [3.8, 4) is 11.5 Å². The van der Waals surface area contributed by atoms with Gasteiger partial charge >= 0.3 is 6.03 Å². The Bertz CT molecular complexity index is 580. The van der Waals surface area contributed by atoms with Crippen molar-refractivity contribution in [2.75, 3.05) is 18.4 Å². The van der Waals surface area contributed by atoms with E-state index in [2.05, 4.69) is 10.3 Å². The van der Waals surface area contributed by atoms with Crippen molar-refractivity contribution in [1.29, 1.82) is 0 Å². The quantitative estimate of drug-likeness (QED) is 0.876. The van der Waals surface area contributed by atoms with Crippen LogP contribution in [0.3, 0.4) is 0 Å². The lowest BCUT2D eigenvalue weighted by Crippen LogP contribution is -2.33. The summed E-state index contributed by atoms with van der Waals surface area (Å²) in [4.78, 5) is 17.6. The molecule has 0 unspecified atom stereocenters. The lowest BCUT2D eigenvalue weighted by Gasteiger charge is -2.16. The fraction of sp³-hybridized carbons (Fsp3) is 0.286. The van der Waals surface area contributed by atoms with Crippen LogP contribution in [0.4, 0.5) is 10.5 Å². The standard InChI is InChI=1S/C14H15N3O3/c18-12-5-7-17(9-12)14(19)16-11-3-1-10(2-4-11)13-15-6-8-20-13/h1-4,6,8,12,18H,5,7,9H2,(H,16,19)/t12-/m0/s1. The third-order valence-corrected chi connectivity index (χ3v) is 3.27. The Kier molecular flexibility index (Phi) is 3.39. The molecule has 0 spiro atoms. The van der Waals surface area contributed by atoms with Gasteiger partial charge < -0.3 is 19.7 Å². The normalized spacial score (nSPS) is 18.2. The minimum absolute atomic E-state index is 0.189. The van der Waals surface area contributed by atoms with Gasteiger partial charge in [-0.3, -0.25) is 0 Å². The molecular formula is C14H15N3O3.